The first-order valence-corrected chi connectivity index (χ1v) is 8.34. The molecule has 1 fully saturated rings. The van der Waals surface area contributed by atoms with Crippen molar-refractivity contribution in [1.82, 2.24) is 4.98 Å². The lowest BCUT2D eigenvalue weighted by molar-refractivity contribution is 0.408. The number of aliphatic imine (C=N–C) groups is 1. The Labute approximate surface area is 143 Å². The maximum absolute atomic E-state index is 6.05. The van der Waals surface area contributed by atoms with Gasteiger partial charge in [-0.1, -0.05) is 31.0 Å². The van der Waals surface area contributed by atoms with Crippen LogP contribution in [0.15, 0.2) is 53.7 Å². The fourth-order valence-electron chi connectivity index (χ4n) is 3.39. The van der Waals surface area contributed by atoms with Crippen LogP contribution in [-0.4, -0.2) is 24.6 Å². The van der Waals surface area contributed by atoms with Gasteiger partial charge < -0.3 is 15.8 Å². The van der Waals surface area contributed by atoms with E-state index in [1.807, 2.05) is 30.3 Å². The largest absolute Gasteiger partial charge is 0.497 e. The molecule has 1 aliphatic carbocycles. The van der Waals surface area contributed by atoms with Crippen molar-refractivity contribution in [3.8, 4) is 5.75 Å². The van der Waals surface area contributed by atoms with E-state index < -0.39 is 0 Å². The number of anilines is 1. The van der Waals surface area contributed by atoms with Crippen LogP contribution >= 0.6 is 0 Å². The maximum Gasteiger partial charge on any atom is 0.194 e. The molecule has 0 bridgehead atoms. The highest BCUT2D eigenvalue weighted by molar-refractivity contribution is 5.91. The van der Waals surface area contributed by atoms with Crippen LogP contribution in [0.4, 0.5) is 5.82 Å². The summed E-state index contributed by atoms with van der Waals surface area (Å²) in [5.41, 5.74) is 7.38. The third kappa shape index (κ3) is 3.67. The van der Waals surface area contributed by atoms with Gasteiger partial charge in [0.25, 0.3) is 0 Å². The summed E-state index contributed by atoms with van der Waals surface area (Å²) < 4.78 is 5.38. The van der Waals surface area contributed by atoms with Crippen molar-refractivity contribution in [2.75, 3.05) is 19.0 Å². The van der Waals surface area contributed by atoms with Crippen LogP contribution in [0, 0.1) is 0 Å². The predicted molar refractivity (Wildman–Crippen MR) is 97.5 cm³/mol. The van der Waals surface area contributed by atoms with Crippen LogP contribution in [-0.2, 0) is 5.41 Å². The first-order valence-electron chi connectivity index (χ1n) is 8.34. The fourth-order valence-corrected chi connectivity index (χ4v) is 3.39. The first-order chi connectivity index (χ1) is 11.7. The molecular weight excluding hydrogens is 300 g/mol. The molecule has 0 unspecified atom stereocenters. The highest BCUT2D eigenvalue weighted by Gasteiger charge is 2.35. The van der Waals surface area contributed by atoms with E-state index in [0.29, 0.717) is 18.3 Å². The summed E-state index contributed by atoms with van der Waals surface area (Å²) in [5, 5.41) is 3.05. The number of ether oxygens (including phenoxy) is 1. The molecule has 0 radical (unpaired) electrons. The molecule has 0 spiro atoms. The quantitative estimate of drug-likeness (QED) is 0.653. The minimum Gasteiger partial charge on any atom is -0.497 e. The van der Waals surface area contributed by atoms with E-state index in [-0.39, 0.29) is 5.41 Å². The van der Waals surface area contributed by atoms with Gasteiger partial charge in [-0.25, -0.2) is 4.98 Å². The zero-order chi connectivity index (χ0) is 16.8. The van der Waals surface area contributed by atoms with Gasteiger partial charge in [-0.3, -0.25) is 4.99 Å². The second-order valence-corrected chi connectivity index (χ2v) is 6.26. The molecule has 126 valence electrons. The number of hydrogen-bond acceptors (Lipinski definition) is 3. The van der Waals surface area contributed by atoms with Crippen molar-refractivity contribution in [2.45, 2.75) is 31.1 Å². The minimum absolute atomic E-state index is 0.0466. The van der Waals surface area contributed by atoms with Crippen molar-refractivity contribution >= 4 is 11.8 Å². The topological polar surface area (TPSA) is 72.5 Å². The molecule has 2 aromatic rings. The highest BCUT2D eigenvalue weighted by Crippen LogP contribution is 2.42. The average Bonchev–Trinajstić information content (AvgIpc) is 3.11. The third-order valence-electron chi connectivity index (χ3n) is 4.72. The lowest BCUT2D eigenvalue weighted by Crippen LogP contribution is -2.30. The summed E-state index contributed by atoms with van der Waals surface area (Å²) in [5.74, 6) is 2.01. The smallest absolute Gasteiger partial charge is 0.194 e. The van der Waals surface area contributed by atoms with E-state index in [2.05, 4.69) is 27.4 Å². The Hall–Kier alpha value is -2.56. The molecular formula is C19H24N4O. The zero-order valence-electron chi connectivity index (χ0n) is 14.0. The van der Waals surface area contributed by atoms with Gasteiger partial charge in [0.1, 0.15) is 11.6 Å². The number of nitrogens with one attached hydrogen (secondary N) is 1. The molecule has 1 heterocycles. The van der Waals surface area contributed by atoms with Gasteiger partial charge in [-0.2, -0.15) is 0 Å². The summed E-state index contributed by atoms with van der Waals surface area (Å²) in [6, 6.07) is 14.0. The molecule has 0 saturated heterocycles. The van der Waals surface area contributed by atoms with Gasteiger partial charge in [-0.15, -0.1) is 0 Å². The molecule has 1 aromatic heterocycles. The predicted octanol–water partition coefficient (Wildman–Crippen LogP) is 3.33. The third-order valence-corrected chi connectivity index (χ3v) is 4.72. The number of nitrogens with zero attached hydrogens (tertiary/aromatic N) is 2. The first kappa shape index (κ1) is 16.3. The number of pyridine rings is 1. The molecule has 0 amide bonds. The molecule has 1 aliphatic rings. The van der Waals surface area contributed by atoms with Gasteiger partial charge in [0.2, 0.25) is 0 Å². The Kier molecular flexibility index (Phi) is 4.99. The molecule has 0 aliphatic heterocycles. The van der Waals surface area contributed by atoms with Gasteiger partial charge in [0.05, 0.1) is 13.7 Å². The van der Waals surface area contributed by atoms with Gasteiger partial charge in [0.15, 0.2) is 5.96 Å². The standard InChI is InChI=1S/C19H24N4O/c1-24-16-8-6-7-15(13-16)19(10-3-4-11-19)14-22-18(20)23-17-9-2-5-12-21-17/h2,5-9,12-13H,3-4,10-11,14H2,1H3,(H3,20,21,22,23). The Morgan fingerprint density at radius 1 is 1.25 bits per heavy atom. The van der Waals surface area contributed by atoms with Crippen molar-refractivity contribution in [2.24, 2.45) is 10.7 Å². The van der Waals surface area contributed by atoms with Gasteiger partial charge in [0, 0.05) is 11.6 Å². The van der Waals surface area contributed by atoms with Gasteiger partial charge >= 0.3 is 0 Å². The normalized spacial score (nSPS) is 16.8. The van der Waals surface area contributed by atoms with E-state index in [0.717, 1.165) is 18.6 Å². The van der Waals surface area contributed by atoms with E-state index in [1.165, 1.54) is 18.4 Å². The summed E-state index contributed by atoms with van der Waals surface area (Å²) in [6.07, 6.45) is 6.42. The van der Waals surface area contributed by atoms with E-state index in [4.69, 9.17) is 10.5 Å². The Morgan fingerprint density at radius 2 is 2.08 bits per heavy atom. The monoisotopic (exact) mass is 324 g/mol. The second kappa shape index (κ2) is 7.34. The molecule has 24 heavy (non-hydrogen) atoms. The van der Waals surface area contributed by atoms with E-state index in [9.17, 15) is 0 Å². The van der Waals surface area contributed by atoms with Gasteiger partial charge in [-0.05, 0) is 42.7 Å². The second-order valence-electron chi connectivity index (χ2n) is 6.26. The molecule has 5 nitrogen and oxygen atoms in total. The van der Waals surface area contributed by atoms with Crippen LogP contribution < -0.4 is 15.8 Å². The molecule has 1 aromatic carbocycles. The summed E-state index contributed by atoms with van der Waals surface area (Å²) >= 11 is 0. The van der Waals surface area contributed by atoms with Crippen LogP contribution in [0.3, 0.4) is 0 Å². The number of rotatable bonds is 5. The van der Waals surface area contributed by atoms with Crippen LogP contribution in [0.25, 0.3) is 0 Å². The number of nitrogens with two attached hydrogens (primary N) is 1. The van der Waals surface area contributed by atoms with Crippen LogP contribution in [0.1, 0.15) is 31.2 Å². The highest BCUT2D eigenvalue weighted by atomic mass is 16.5. The Morgan fingerprint density at radius 3 is 2.79 bits per heavy atom. The van der Waals surface area contributed by atoms with Crippen LogP contribution in [0.5, 0.6) is 5.75 Å². The summed E-state index contributed by atoms with van der Waals surface area (Å²) in [4.78, 5) is 8.82. The lowest BCUT2D eigenvalue weighted by atomic mass is 9.79. The number of aromatic nitrogens is 1. The van der Waals surface area contributed by atoms with E-state index in [1.54, 1.807) is 13.3 Å². The van der Waals surface area contributed by atoms with E-state index >= 15 is 0 Å². The zero-order valence-corrected chi connectivity index (χ0v) is 14.0. The van der Waals surface area contributed by atoms with Crippen molar-refractivity contribution in [3.05, 3.63) is 54.2 Å². The van der Waals surface area contributed by atoms with Crippen molar-refractivity contribution in [3.63, 3.8) is 0 Å². The molecule has 5 heteroatoms. The number of hydrogen-bond donors (Lipinski definition) is 2. The van der Waals surface area contributed by atoms with Crippen molar-refractivity contribution in [1.29, 1.82) is 0 Å². The lowest BCUT2D eigenvalue weighted by Gasteiger charge is -2.28. The fraction of sp³-hybridized carbons (Fsp3) is 0.368. The Balaban J connectivity index is 1.77. The minimum atomic E-state index is 0.0466. The number of benzene rings is 1. The molecule has 0 atom stereocenters. The summed E-state index contributed by atoms with van der Waals surface area (Å²) in [6.45, 7) is 0.672. The van der Waals surface area contributed by atoms with Crippen molar-refractivity contribution < 1.29 is 4.74 Å². The SMILES string of the molecule is COc1cccc(C2(CN=C(N)Nc3ccccn3)CCCC2)c1. The summed E-state index contributed by atoms with van der Waals surface area (Å²) in [7, 11) is 1.70. The average molecular weight is 324 g/mol. The Bertz CT molecular complexity index is 694. The maximum atomic E-state index is 6.05. The molecule has 3 N–H and O–H groups in total. The number of guanidine groups is 1. The van der Waals surface area contributed by atoms with Crippen LogP contribution in [0.2, 0.25) is 0 Å². The number of methoxy groups -OCH3 is 1. The molecule has 1 saturated carbocycles. The molecule has 3 rings (SSSR count).